The fourth-order valence-corrected chi connectivity index (χ4v) is 3.24. The number of aryl methyl sites for hydroxylation is 1. The fourth-order valence-electron chi connectivity index (χ4n) is 3.24. The first-order chi connectivity index (χ1) is 14.4. The molecular formula is C23H15NO6. The van der Waals surface area contributed by atoms with Crippen molar-refractivity contribution in [3.8, 4) is 16.9 Å². The maximum atomic E-state index is 12.5. The second-order valence-corrected chi connectivity index (χ2v) is 6.61. The second-order valence-electron chi connectivity index (χ2n) is 6.61. The van der Waals surface area contributed by atoms with Gasteiger partial charge in [0.25, 0.3) is 5.69 Å². The Labute approximate surface area is 170 Å². The second kappa shape index (κ2) is 7.63. The van der Waals surface area contributed by atoms with Gasteiger partial charge in [0.05, 0.1) is 16.1 Å². The topological polar surface area (TPSA) is 99.7 Å². The van der Waals surface area contributed by atoms with E-state index < -0.39 is 16.5 Å². The van der Waals surface area contributed by atoms with E-state index >= 15 is 0 Å². The van der Waals surface area contributed by atoms with Crippen molar-refractivity contribution in [2.75, 3.05) is 0 Å². The van der Waals surface area contributed by atoms with Crippen molar-refractivity contribution in [2.45, 2.75) is 6.92 Å². The molecule has 4 aromatic rings. The lowest BCUT2D eigenvalue weighted by Crippen LogP contribution is -2.09. The molecule has 0 unspecified atom stereocenters. The number of hydrogen-bond acceptors (Lipinski definition) is 6. The molecule has 0 saturated carbocycles. The average Bonchev–Trinajstić information content (AvgIpc) is 2.75. The van der Waals surface area contributed by atoms with Crippen LogP contribution in [0.2, 0.25) is 0 Å². The summed E-state index contributed by atoms with van der Waals surface area (Å²) in [5, 5.41) is 11.5. The number of carbonyl (C=O) groups excluding carboxylic acids is 1. The molecule has 7 nitrogen and oxygen atoms in total. The van der Waals surface area contributed by atoms with Gasteiger partial charge in [0.1, 0.15) is 11.3 Å². The summed E-state index contributed by atoms with van der Waals surface area (Å²) in [6, 6.07) is 19.1. The number of esters is 1. The third kappa shape index (κ3) is 3.56. The molecule has 1 aromatic heterocycles. The number of nitro groups is 1. The number of nitrogens with zero attached hydrogens (tertiary/aromatic N) is 1. The maximum absolute atomic E-state index is 12.5. The molecule has 0 aliphatic carbocycles. The molecule has 0 saturated heterocycles. The quantitative estimate of drug-likeness (QED) is 0.159. The zero-order valence-corrected chi connectivity index (χ0v) is 15.8. The Morgan fingerprint density at radius 3 is 2.50 bits per heavy atom. The minimum atomic E-state index is -0.726. The molecule has 1 heterocycles. The predicted octanol–water partition coefficient (Wildman–Crippen LogP) is 4.90. The average molecular weight is 401 g/mol. The van der Waals surface area contributed by atoms with Gasteiger partial charge in [0, 0.05) is 17.5 Å². The van der Waals surface area contributed by atoms with E-state index in [1.54, 1.807) is 19.1 Å². The molecule has 148 valence electrons. The van der Waals surface area contributed by atoms with Crippen molar-refractivity contribution in [2.24, 2.45) is 0 Å². The zero-order valence-electron chi connectivity index (χ0n) is 15.8. The third-order valence-electron chi connectivity index (χ3n) is 4.70. The van der Waals surface area contributed by atoms with Crippen molar-refractivity contribution in [3.05, 3.63) is 104 Å². The van der Waals surface area contributed by atoms with Gasteiger partial charge >= 0.3 is 11.6 Å². The van der Waals surface area contributed by atoms with Gasteiger partial charge < -0.3 is 9.15 Å². The van der Waals surface area contributed by atoms with Crippen LogP contribution in [0.4, 0.5) is 5.69 Å². The molecule has 0 radical (unpaired) electrons. The van der Waals surface area contributed by atoms with Crippen molar-refractivity contribution in [3.63, 3.8) is 0 Å². The van der Waals surface area contributed by atoms with E-state index in [0.29, 0.717) is 22.1 Å². The van der Waals surface area contributed by atoms with E-state index in [-0.39, 0.29) is 17.0 Å². The van der Waals surface area contributed by atoms with Crippen LogP contribution in [0.15, 0.2) is 82.0 Å². The molecule has 30 heavy (non-hydrogen) atoms. The zero-order chi connectivity index (χ0) is 21.3. The third-order valence-corrected chi connectivity index (χ3v) is 4.70. The van der Waals surface area contributed by atoms with Crippen molar-refractivity contribution >= 4 is 22.6 Å². The Hall–Kier alpha value is -4.26. The molecule has 4 rings (SSSR count). The van der Waals surface area contributed by atoms with E-state index in [0.717, 1.165) is 11.6 Å². The Morgan fingerprint density at radius 2 is 1.77 bits per heavy atom. The number of ether oxygens (including phenoxy) is 1. The molecule has 0 bridgehead atoms. The number of nitro benzene ring substituents is 1. The molecule has 0 N–H and O–H groups in total. The van der Waals surface area contributed by atoms with E-state index in [1.807, 2.05) is 30.3 Å². The smallest absolute Gasteiger partial charge is 0.344 e. The SMILES string of the molecule is Cc1c(-c2ccccc2)c(=O)oc2ccc(OC(=O)c3cccc([N+](=O)[O-])c3)cc12. The molecule has 7 heteroatoms. The number of non-ortho nitro benzene ring substituents is 1. The highest BCUT2D eigenvalue weighted by Crippen LogP contribution is 2.29. The van der Waals surface area contributed by atoms with Gasteiger partial charge in [-0.3, -0.25) is 10.1 Å². The fraction of sp³-hybridized carbons (Fsp3) is 0.0435. The van der Waals surface area contributed by atoms with Crippen LogP contribution in [-0.2, 0) is 0 Å². The first-order valence-electron chi connectivity index (χ1n) is 9.03. The minimum absolute atomic E-state index is 0.0607. The first-order valence-corrected chi connectivity index (χ1v) is 9.03. The molecular weight excluding hydrogens is 386 g/mol. The number of hydrogen-bond donors (Lipinski definition) is 0. The largest absolute Gasteiger partial charge is 0.423 e. The van der Waals surface area contributed by atoms with Crippen LogP contribution in [-0.4, -0.2) is 10.9 Å². The monoisotopic (exact) mass is 401 g/mol. The minimum Gasteiger partial charge on any atom is -0.423 e. The van der Waals surface area contributed by atoms with Gasteiger partial charge in [-0.15, -0.1) is 0 Å². The van der Waals surface area contributed by atoms with Crippen molar-refractivity contribution in [1.29, 1.82) is 0 Å². The summed E-state index contributed by atoms with van der Waals surface area (Å²) in [5.41, 5.74) is 1.63. The van der Waals surface area contributed by atoms with Gasteiger partial charge in [-0.1, -0.05) is 36.4 Å². The van der Waals surface area contributed by atoms with Crippen LogP contribution in [0, 0.1) is 17.0 Å². The molecule has 0 atom stereocenters. The lowest BCUT2D eigenvalue weighted by atomic mass is 9.99. The molecule has 3 aromatic carbocycles. The Bertz CT molecular complexity index is 1340. The van der Waals surface area contributed by atoms with E-state index in [1.165, 1.54) is 24.3 Å². The molecule has 0 fully saturated rings. The molecule has 0 amide bonds. The Balaban J connectivity index is 1.73. The molecule has 0 aliphatic heterocycles. The van der Waals surface area contributed by atoms with Crippen LogP contribution >= 0.6 is 0 Å². The van der Waals surface area contributed by atoms with Gasteiger partial charge in [-0.2, -0.15) is 0 Å². The Morgan fingerprint density at radius 1 is 1.00 bits per heavy atom. The van der Waals surface area contributed by atoms with Gasteiger partial charge in [-0.05, 0) is 42.3 Å². The van der Waals surface area contributed by atoms with E-state index in [2.05, 4.69) is 0 Å². The highest BCUT2D eigenvalue weighted by Gasteiger charge is 2.16. The van der Waals surface area contributed by atoms with Gasteiger partial charge in [0.15, 0.2) is 0 Å². The number of rotatable bonds is 4. The molecule has 0 spiro atoms. The highest BCUT2D eigenvalue weighted by molar-refractivity contribution is 5.93. The van der Waals surface area contributed by atoms with Crippen LogP contribution in [0.5, 0.6) is 5.75 Å². The van der Waals surface area contributed by atoms with Crippen LogP contribution < -0.4 is 10.4 Å². The van der Waals surface area contributed by atoms with Crippen molar-refractivity contribution in [1.82, 2.24) is 0 Å². The lowest BCUT2D eigenvalue weighted by molar-refractivity contribution is -0.384. The Kier molecular flexibility index (Phi) is 4.85. The summed E-state index contributed by atoms with van der Waals surface area (Å²) in [5.74, 6) is -0.494. The number of carbonyl (C=O) groups is 1. The predicted molar refractivity (Wildman–Crippen MR) is 111 cm³/mol. The summed E-state index contributed by atoms with van der Waals surface area (Å²) in [4.78, 5) is 35.2. The summed E-state index contributed by atoms with van der Waals surface area (Å²) in [6.45, 7) is 1.80. The van der Waals surface area contributed by atoms with Crippen LogP contribution in [0.3, 0.4) is 0 Å². The first kappa shape index (κ1) is 19.1. The normalized spacial score (nSPS) is 10.7. The number of fused-ring (bicyclic) bond motifs is 1. The summed E-state index contributed by atoms with van der Waals surface area (Å²) >= 11 is 0. The molecule has 0 aliphatic rings. The summed E-state index contributed by atoms with van der Waals surface area (Å²) in [6.07, 6.45) is 0. The standard InChI is InChI=1S/C23H15NO6/c1-14-19-13-18(29-22(25)16-8-5-9-17(12-16)24(27)28)10-11-20(19)30-23(26)21(14)15-6-3-2-4-7-15/h2-13H,1H3. The van der Waals surface area contributed by atoms with Crippen LogP contribution in [0.25, 0.3) is 22.1 Å². The summed E-state index contributed by atoms with van der Waals surface area (Å²) in [7, 11) is 0. The highest BCUT2D eigenvalue weighted by atomic mass is 16.6. The lowest BCUT2D eigenvalue weighted by Gasteiger charge is -2.10. The van der Waals surface area contributed by atoms with E-state index in [4.69, 9.17) is 9.15 Å². The van der Waals surface area contributed by atoms with Gasteiger partial charge in [-0.25, -0.2) is 9.59 Å². The van der Waals surface area contributed by atoms with Crippen LogP contribution in [0.1, 0.15) is 15.9 Å². The summed E-state index contributed by atoms with van der Waals surface area (Å²) < 4.78 is 10.8. The van der Waals surface area contributed by atoms with E-state index in [9.17, 15) is 19.7 Å². The van der Waals surface area contributed by atoms with Gasteiger partial charge in [0.2, 0.25) is 0 Å². The van der Waals surface area contributed by atoms with Crippen molar-refractivity contribution < 1.29 is 18.9 Å². The number of benzene rings is 3. The maximum Gasteiger partial charge on any atom is 0.344 e.